The Labute approximate surface area is 181 Å². The Morgan fingerprint density at radius 3 is 2.00 bits per heavy atom. The molecule has 2 saturated carbocycles. The van der Waals surface area contributed by atoms with Gasteiger partial charge in [-0.25, -0.2) is 0 Å². The summed E-state index contributed by atoms with van der Waals surface area (Å²) in [4.78, 5) is 0.706. The number of phenolic OH excluding ortho intramolecular Hbond substituents is 2. The number of aryl methyl sites for hydroxylation is 1. The van der Waals surface area contributed by atoms with Gasteiger partial charge in [0, 0.05) is 16.4 Å². The van der Waals surface area contributed by atoms with Crippen LogP contribution in [0, 0.1) is 69.5 Å². The first-order chi connectivity index (χ1) is 13.1. The minimum absolute atomic E-state index is 0. The molecule has 2 aliphatic rings. The summed E-state index contributed by atoms with van der Waals surface area (Å²) in [7, 11) is -1.34. The smallest absolute Gasteiger partial charge is 0.508 e. The normalized spacial score (nSPS) is 18.2. The van der Waals surface area contributed by atoms with Crippen LogP contribution in [-0.4, -0.2) is 14.4 Å². The van der Waals surface area contributed by atoms with Crippen molar-refractivity contribution in [3.05, 3.63) is 116 Å². The molecule has 0 aromatic heterocycles. The Morgan fingerprint density at radius 1 is 0.786 bits per heavy atom. The largest absolute Gasteiger partial charge is 2.00 e. The van der Waals surface area contributed by atoms with E-state index in [0.29, 0.717) is 21.6 Å². The first-order valence-corrected chi connectivity index (χ1v) is 9.64. The number of benzene rings is 2. The molecule has 0 spiro atoms. The van der Waals surface area contributed by atoms with E-state index in [1.165, 1.54) is 18.2 Å². The van der Waals surface area contributed by atoms with Crippen molar-refractivity contribution in [1.29, 1.82) is 0 Å². The minimum atomic E-state index is -1.34. The molecule has 28 heavy (non-hydrogen) atoms. The summed E-state index contributed by atoms with van der Waals surface area (Å²) in [6.45, 7) is 1.98. The maximum absolute atomic E-state index is 12.8. The Bertz CT molecular complexity index is 764. The Balaban J connectivity index is 0.000000408. The third kappa shape index (κ3) is 5.85. The van der Waals surface area contributed by atoms with Gasteiger partial charge >= 0.3 is 17.1 Å². The van der Waals surface area contributed by atoms with Crippen molar-refractivity contribution in [1.82, 2.24) is 0 Å². The van der Waals surface area contributed by atoms with Crippen molar-refractivity contribution < 1.29 is 31.5 Å². The Kier molecular flexibility index (Phi) is 9.06. The summed E-state index contributed by atoms with van der Waals surface area (Å²) in [6.07, 6.45) is 15.4. The van der Waals surface area contributed by atoms with Crippen LogP contribution in [0.5, 0.6) is 11.5 Å². The second-order valence-corrected chi connectivity index (χ2v) is 7.50. The van der Waals surface area contributed by atoms with Gasteiger partial charge in [0.25, 0.3) is 0 Å². The van der Waals surface area contributed by atoms with Gasteiger partial charge in [-0.05, 0) is 88.6 Å². The molecule has 3 nitrogen and oxygen atoms in total. The molecule has 5 heteroatoms. The quantitative estimate of drug-likeness (QED) is 0.562. The van der Waals surface area contributed by atoms with Gasteiger partial charge in [-0.1, -0.05) is 17.7 Å². The average Bonchev–Trinajstić information content (AvgIpc) is 3.38. The molecular formula is C23H20FeO3S+2. The standard InChI is InChI=1S/C18H15O3S.C5H5.Fe/c1-12-5-8-14(9-6-12)22(21)18-4-2-3-15(18)16-11-13(19)7-10-17(16)20;1-2-4-5-3-1;/h2-11,19-20H,1H3;1-5H;/q;;+2/t22-;;/m0../s1. The van der Waals surface area contributed by atoms with Crippen LogP contribution in [0.15, 0.2) is 47.4 Å². The van der Waals surface area contributed by atoms with Gasteiger partial charge in [0.2, 0.25) is 0 Å². The fourth-order valence-electron chi connectivity index (χ4n) is 2.64. The van der Waals surface area contributed by atoms with E-state index in [1.54, 1.807) is 19.3 Å². The summed E-state index contributed by atoms with van der Waals surface area (Å²) < 4.78 is 12.8. The predicted octanol–water partition coefficient (Wildman–Crippen LogP) is 4.31. The van der Waals surface area contributed by atoms with Crippen LogP contribution in [0.4, 0.5) is 0 Å². The second-order valence-electron chi connectivity index (χ2n) is 6.05. The molecular weight excluding hydrogens is 412 g/mol. The van der Waals surface area contributed by atoms with Crippen molar-refractivity contribution >= 4 is 10.8 Å². The molecule has 0 aliphatic heterocycles. The van der Waals surface area contributed by atoms with Crippen LogP contribution in [0.1, 0.15) is 11.1 Å². The third-order valence-electron chi connectivity index (χ3n) is 4.04. The molecule has 10 radical (unpaired) electrons. The molecule has 2 N–H and O–H groups in total. The number of phenols is 2. The fraction of sp³-hybridized carbons (Fsp3) is 0.0435. The van der Waals surface area contributed by atoms with E-state index in [9.17, 15) is 14.4 Å². The average molecular weight is 432 g/mol. The van der Waals surface area contributed by atoms with Crippen LogP contribution in [-0.2, 0) is 27.9 Å². The maximum Gasteiger partial charge on any atom is 2.00 e. The van der Waals surface area contributed by atoms with Crippen LogP contribution in [0.3, 0.4) is 0 Å². The van der Waals surface area contributed by atoms with Gasteiger partial charge < -0.3 is 10.2 Å². The van der Waals surface area contributed by atoms with Crippen molar-refractivity contribution in [3.63, 3.8) is 0 Å². The Morgan fingerprint density at radius 2 is 1.39 bits per heavy atom. The molecule has 2 fully saturated rings. The van der Waals surface area contributed by atoms with Crippen molar-refractivity contribution in [2.45, 2.75) is 11.8 Å². The topological polar surface area (TPSA) is 57.5 Å². The Hall–Kier alpha value is -1.29. The maximum atomic E-state index is 12.8. The number of hydrogen-bond donors (Lipinski definition) is 2. The van der Waals surface area contributed by atoms with Crippen LogP contribution in [0.25, 0.3) is 0 Å². The molecule has 0 bridgehead atoms. The summed E-state index contributed by atoms with van der Waals surface area (Å²) in [5.41, 5.74) is 1.58. The molecule has 142 valence electrons. The minimum Gasteiger partial charge on any atom is -0.508 e. The third-order valence-corrected chi connectivity index (χ3v) is 5.49. The molecule has 0 saturated heterocycles. The predicted molar refractivity (Wildman–Crippen MR) is 107 cm³/mol. The SMILES string of the molecule is Cc1ccc([S@](=O)[C]2[CH][CH][CH][C]2c2cc(O)ccc2O)cc1.[CH]1[CH][CH][CH][CH]1.[Fe+2]. The zero-order chi connectivity index (χ0) is 19.2. The molecule has 0 heterocycles. The van der Waals surface area contributed by atoms with E-state index in [-0.39, 0.29) is 28.6 Å². The number of aromatic hydroxyl groups is 2. The number of hydrogen-bond acceptors (Lipinski definition) is 3. The van der Waals surface area contributed by atoms with Crippen molar-refractivity contribution in [2.75, 3.05) is 0 Å². The van der Waals surface area contributed by atoms with Crippen molar-refractivity contribution in [2.24, 2.45) is 0 Å². The van der Waals surface area contributed by atoms with Crippen LogP contribution in [0.2, 0.25) is 0 Å². The van der Waals surface area contributed by atoms with Gasteiger partial charge in [0.1, 0.15) is 11.5 Å². The van der Waals surface area contributed by atoms with Crippen LogP contribution < -0.4 is 0 Å². The molecule has 1 atom stereocenters. The van der Waals surface area contributed by atoms with Gasteiger partial charge in [-0.2, -0.15) is 0 Å². The zero-order valence-corrected chi connectivity index (χ0v) is 17.1. The van der Waals surface area contributed by atoms with E-state index < -0.39 is 10.8 Å². The second kappa shape index (κ2) is 11.0. The van der Waals surface area contributed by atoms with Gasteiger partial charge in [0.05, 0.1) is 16.0 Å². The molecule has 0 unspecified atom stereocenters. The number of rotatable bonds is 3. The van der Waals surface area contributed by atoms with Gasteiger partial charge in [-0.15, -0.1) is 0 Å². The van der Waals surface area contributed by atoms with E-state index in [0.717, 1.165) is 5.56 Å². The first-order valence-electron chi connectivity index (χ1n) is 8.49. The van der Waals surface area contributed by atoms with Gasteiger partial charge in [-0.3, -0.25) is 4.21 Å². The van der Waals surface area contributed by atoms with Crippen molar-refractivity contribution in [3.8, 4) is 11.5 Å². The summed E-state index contributed by atoms with van der Waals surface area (Å²) in [5.74, 6) is 0.763. The molecule has 4 rings (SSSR count). The summed E-state index contributed by atoms with van der Waals surface area (Å²) in [5, 5.41) is 20.3. The molecule has 0 amide bonds. The van der Waals surface area contributed by atoms with E-state index in [1.807, 2.05) is 63.3 Å². The summed E-state index contributed by atoms with van der Waals surface area (Å²) in [6, 6.07) is 11.8. The van der Waals surface area contributed by atoms with E-state index >= 15 is 0 Å². The molecule has 2 aromatic carbocycles. The van der Waals surface area contributed by atoms with Crippen LogP contribution >= 0.6 is 0 Å². The molecule has 2 aliphatic carbocycles. The first kappa shape index (κ1) is 23.0. The fourth-order valence-corrected chi connectivity index (χ4v) is 3.85. The monoisotopic (exact) mass is 432 g/mol. The molecule has 2 aromatic rings. The zero-order valence-electron chi connectivity index (χ0n) is 15.2. The van der Waals surface area contributed by atoms with E-state index in [4.69, 9.17) is 0 Å². The van der Waals surface area contributed by atoms with E-state index in [2.05, 4.69) is 0 Å². The van der Waals surface area contributed by atoms with Gasteiger partial charge in [0.15, 0.2) is 0 Å². The summed E-state index contributed by atoms with van der Waals surface area (Å²) >= 11 is 0.